The van der Waals surface area contributed by atoms with E-state index in [4.69, 9.17) is 16.4 Å². The van der Waals surface area contributed by atoms with E-state index in [0.717, 1.165) is 12.0 Å². The van der Waals surface area contributed by atoms with Crippen LogP contribution in [0.25, 0.3) is 21.9 Å². The monoisotopic (exact) mass is 369 g/mol. The molecule has 3 aromatic rings. The predicted octanol–water partition coefficient (Wildman–Crippen LogP) is 6.21. The van der Waals surface area contributed by atoms with E-state index in [0.29, 0.717) is 12.5 Å². The molecule has 0 aliphatic rings. The van der Waals surface area contributed by atoms with Gasteiger partial charge in [0, 0.05) is 16.3 Å². The van der Waals surface area contributed by atoms with Crippen LogP contribution >= 0.6 is 23.4 Å². The predicted molar refractivity (Wildman–Crippen MR) is 110 cm³/mol. The molecule has 0 aromatic heterocycles. The Balaban J connectivity index is 2.02. The quantitative estimate of drug-likeness (QED) is 0.162. The van der Waals surface area contributed by atoms with Crippen LogP contribution in [0, 0.1) is 0 Å². The van der Waals surface area contributed by atoms with Crippen molar-refractivity contribution < 1.29 is 4.84 Å². The SMILES string of the molecule is CSc1ccccc1-c1ccc(C=NOCCCCl)c2ccccc12. The third kappa shape index (κ3) is 4.17. The number of benzene rings is 3. The molecule has 0 bridgehead atoms. The Morgan fingerprint density at radius 1 is 0.960 bits per heavy atom. The van der Waals surface area contributed by atoms with E-state index in [1.807, 2.05) is 0 Å². The summed E-state index contributed by atoms with van der Waals surface area (Å²) in [7, 11) is 0. The Morgan fingerprint density at radius 3 is 2.52 bits per heavy atom. The highest BCUT2D eigenvalue weighted by molar-refractivity contribution is 7.98. The lowest BCUT2D eigenvalue weighted by Crippen LogP contribution is -1.92. The van der Waals surface area contributed by atoms with Crippen molar-refractivity contribution in [3.63, 3.8) is 0 Å². The zero-order chi connectivity index (χ0) is 17.5. The van der Waals surface area contributed by atoms with Crippen LogP contribution in [0.5, 0.6) is 0 Å². The van der Waals surface area contributed by atoms with Gasteiger partial charge in [0.05, 0.1) is 6.21 Å². The van der Waals surface area contributed by atoms with Gasteiger partial charge in [-0.2, -0.15) is 0 Å². The molecular weight excluding hydrogens is 350 g/mol. The van der Waals surface area contributed by atoms with Crippen LogP contribution in [-0.2, 0) is 4.84 Å². The largest absolute Gasteiger partial charge is 0.396 e. The van der Waals surface area contributed by atoms with Gasteiger partial charge in [0.25, 0.3) is 0 Å². The number of oxime groups is 1. The second kappa shape index (κ2) is 8.93. The van der Waals surface area contributed by atoms with Gasteiger partial charge in [0.15, 0.2) is 0 Å². The minimum Gasteiger partial charge on any atom is -0.396 e. The van der Waals surface area contributed by atoms with Crippen molar-refractivity contribution >= 4 is 40.3 Å². The van der Waals surface area contributed by atoms with E-state index in [-0.39, 0.29) is 0 Å². The Morgan fingerprint density at radius 2 is 1.72 bits per heavy atom. The molecule has 4 heteroatoms. The summed E-state index contributed by atoms with van der Waals surface area (Å²) in [6, 6.07) is 21.2. The van der Waals surface area contributed by atoms with Crippen molar-refractivity contribution in [1.82, 2.24) is 0 Å². The molecule has 0 spiro atoms. The highest BCUT2D eigenvalue weighted by Gasteiger charge is 2.09. The molecule has 2 nitrogen and oxygen atoms in total. The lowest BCUT2D eigenvalue weighted by molar-refractivity contribution is 0.147. The highest BCUT2D eigenvalue weighted by Crippen LogP contribution is 2.35. The lowest BCUT2D eigenvalue weighted by atomic mass is 9.95. The lowest BCUT2D eigenvalue weighted by Gasteiger charge is -2.12. The second-order valence-corrected chi connectivity index (χ2v) is 6.78. The van der Waals surface area contributed by atoms with E-state index < -0.39 is 0 Å². The molecular formula is C21H20ClNOS. The Kier molecular flexibility index (Phi) is 6.37. The van der Waals surface area contributed by atoms with E-state index in [1.165, 1.54) is 26.8 Å². The van der Waals surface area contributed by atoms with Crippen LogP contribution < -0.4 is 0 Å². The Hall–Kier alpha value is -1.97. The van der Waals surface area contributed by atoms with Gasteiger partial charge in [0.2, 0.25) is 0 Å². The summed E-state index contributed by atoms with van der Waals surface area (Å²) >= 11 is 7.41. The first-order valence-corrected chi connectivity index (χ1v) is 9.97. The summed E-state index contributed by atoms with van der Waals surface area (Å²) in [6.07, 6.45) is 4.69. The fourth-order valence-corrected chi connectivity index (χ4v) is 3.52. The maximum absolute atomic E-state index is 5.64. The van der Waals surface area contributed by atoms with Crippen LogP contribution in [0.4, 0.5) is 0 Å². The van der Waals surface area contributed by atoms with Gasteiger partial charge in [-0.05, 0) is 40.6 Å². The molecule has 128 valence electrons. The standard InChI is InChI=1S/C21H20ClNOS/c1-25-21-10-5-4-9-20(21)19-12-11-16(15-23-24-14-6-13-22)17-7-2-3-8-18(17)19/h2-5,7-12,15H,6,13-14H2,1H3. The fraction of sp³-hybridized carbons (Fsp3) is 0.190. The Bertz CT molecular complexity index is 879. The number of alkyl halides is 1. The number of hydrogen-bond acceptors (Lipinski definition) is 3. The van der Waals surface area contributed by atoms with Crippen molar-refractivity contribution in [3.05, 3.63) is 66.2 Å². The minimum atomic E-state index is 0.539. The van der Waals surface area contributed by atoms with Crippen molar-refractivity contribution in [2.24, 2.45) is 5.16 Å². The van der Waals surface area contributed by atoms with E-state index >= 15 is 0 Å². The van der Waals surface area contributed by atoms with Gasteiger partial charge in [-0.25, -0.2) is 0 Å². The van der Waals surface area contributed by atoms with Gasteiger partial charge in [-0.3, -0.25) is 0 Å². The Labute approximate surface area is 157 Å². The van der Waals surface area contributed by atoms with Crippen molar-refractivity contribution in [1.29, 1.82) is 0 Å². The summed E-state index contributed by atoms with van der Waals surface area (Å²) in [5.41, 5.74) is 3.54. The molecule has 0 atom stereocenters. The molecule has 3 aromatic carbocycles. The molecule has 0 aliphatic heterocycles. The van der Waals surface area contributed by atoms with Crippen LogP contribution in [0.2, 0.25) is 0 Å². The normalized spacial score (nSPS) is 11.3. The summed E-state index contributed by atoms with van der Waals surface area (Å²) in [5, 5.41) is 6.46. The van der Waals surface area contributed by atoms with E-state index in [2.05, 4.69) is 72.1 Å². The highest BCUT2D eigenvalue weighted by atomic mass is 35.5. The zero-order valence-electron chi connectivity index (χ0n) is 14.1. The van der Waals surface area contributed by atoms with Gasteiger partial charge >= 0.3 is 0 Å². The summed E-state index contributed by atoms with van der Waals surface area (Å²) in [5.74, 6) is 0.585. The van der Waals surface area contributed by atoms with Gasteiger partial charge in [0.1, 0.15) is 6.61 Å². The number of thioether (sulfide) groups is 1. The summed E-state index contributed by atoms with van der Waals surface area (Å²) in [6.45, 7) is 0.539. The van der Waals surface area contributed by atoms with Gasteiger partial charge < -0.3 is 4.84 Å². The van der Waals surface area contributed by atoms with E-state index in [9.17, 15) is 0 Å². The fourth-order valence-electron chi connectivity index (χ4n) is 2.80. The van der Waals surface area contributed by atoms with Gasteiger partial charge in [-0.1, -0.05) is 59.8 Å². The van der Waals surface area contributed by atoms with Crippen LogP contribution in [0.15, 0.2) is 70.7 Å². The first kappa shape index (κ1) is 17.8. The molecule has 0 unspecified atom stereocenters. The van der Waals surface area contributed by atoms with Crippen molar-refractivity contribution in [2.75, 3.05) is 18.7 Å². The molecule has 0 aliphatic carbocycles. The molecule has 0 saturated heterocycles. The summed E-state index contributed by atoms with van der Waals surface area (Å²) < 4.78 is 0. The third-order valence-electron chi connectivity index (χ3n) is 3.99. The average Bonchev–Trinajstić information content (AvgIpc) is 2.68. The smallest absolute Gasteiger partial charge is 0.118 e. The first-order valence-electron chi connectivity index (χ1n) is 8.21. The number of nitrogens with zero attached hydrogens (tertiary/aromatic N) is 1. The maximum Gasteiger partial charge on any atom is 0.118 e. The van der Waals surface area contributed by atoms with Crippen LogP contribution in [-0.4, -0.2) is 25.0 Å². The zero-order valence-corrected chi connectivity index (χ0v) is 15.7. The van der Waals surface area contributed by atoms with E-state index in [1.54, 1.807) is 18.0 Å². The number of rotatable bonds is 7. The topological polar surface area (TPSA) is 21.6 Å². The molecule has 0 radical (unpaired) electrons. The molecule has 0 N–H and O–H groups in total. The minimum absolute atomic E-state index is 0.539. The molecule has 0 saturated carbocycles. The molecule has 0 amide bonds. The van der Waals surface area contributed by atoms with Crippen LogP contribution in [0.1, 0.15) is 12.0 Å². The molecule has 25 heavy (non-hydrogen) atoms. The number of halogens is 1. The second-order valence-electron chi connectivity index (χ2n) is 5.56. The molecule has 0 heterocycles. The van der Waals surface area contributed by atoms with Crippen molar-refractivity contribution in [2.45, 2.75) is 11.3 Å². The number of fused-ring (bicyclic) bond motifs is 1. The number of hydrogen-bond donors (Lipinski definition) is 0. The maximum atomic E-state index is 5.64. The van der Waals surface area contributed by atoms with Gasteiger partial charge in [-0.15, -0.1) is 23.4 Å². The first-order chi connectivity index (χ1) is 12.3. The van der Waals surface area contributed by atoms with Crippen LogP contribution in [0.3, 0.4) is 0 Å². The third-order valence-corrected chi connectivity index (χ3v) is 5.05. The average molecular weight is 370 g/mol. The summed E-state index contributed by atoms with van der Waals surface area (Å²) in [4.78, 5) is 6.54. The molecule has 3 rings (SSSR count). The van der Waals surface area contributed by atoms with Crippen molar-refractivity contribution in [3.8, 4) is 11.1 Å². The molecule has 0 fully saturated rings.